The zero-order valence-electron chi connectivity index (χ0n) is 35.0. The van der Waals surface area contributed by atoms with Crippen molar-refractivity contribution in [3.8, 4) is 16.5 Å². The van der Waals surface area contributed by atoms with Gasteiger partial charge in [0.1, 0.15) is 22.6 Å². The van der Waals surface area contributed by atoms with Crippen molar-refractivity contribution in [3.05, 3.63) is 87.3 Å². The van der Waals surface area contributed by atoms with Crippen molar-refractivity contribution >= 4 is 55.7 Å². The Labute approximate surface area is 355 Å². The van der Waals surface area contributed by atoms with Crippen LogP contribution in [0, 0.1) is 24.6 Å². The molecule has 324 valence electrons. The van der Waals surface area contributed by atoms with E-state index >= 15 is 0 Å². The summed E-state index contributed by atoms with van der Waals surface area (Å²) in [5.74, 6) is -0.0980. The van der Waals surface area contributed by atoms with Crippen molar-refractivity contribution in [2.75, 3.05) is 25.5 Å². The number of ether oxygens (including phenoxy) is 1. The van der Waals surface area contributed by atoms with Gasteiger partial charge >= 0.3 is 0 Å². The fraction of sp³-hybridized carbons (Fsp3) is 0.477. The van der Waals surface area contributed by atoms with E-state index in [4.69, 9.17) is 10.5 Å². The number of aromatic amines is 1. The second kappa shape index (κ2) is 20.9. The summed E-state index contributed by atoms with van der Waals surface area (Å²) in [5, 5.41) is 6.07. The summed E-state index contributed by atoms with van der Waals surface area (Å²) in [7, 11) is -1.74. The Morgan fingerprint density at radius 1 is 1.13 bits per heavy atom. The van der Waals surface area contributed by atoms with Crippen molar-refractivity contribution in [3.63, 3.8) is 0 Å². The fourth-order valence-electron chi connectivity index (χ4n) is 6.88. The van der Waals surface area contributed by atoms with Crippen LogP contribution in [0.3, 0.4) is 0 Å². The topological polar surface area (TPSA) is 194 Å². The molecule has 2 unspecified atom stereocenters. The van der Waals surface area contributed by atoms with Gasteiger partial charge in [-0.2, -0.15) is 0 Å². The number of carbonyl (C=O) groups excluding carboxylic acids is 3. The Hall–Kier alpha value is -5.09. The highest BCUT2D eigenvalue weighted by Gasteiger charge is 2.45. The zero-order valence-corrected chi connectivity index (χ0v) is 36.6. The number of halogens is 1. The molecule has 3 aliphatic rings. The minimum Gasteiger partial charge on any atom is -0.496 e. The molecule has 2 aliphatic carbocycles. The normalized spacial score (nSPS) is 18.4. The number of methoxy groups -OCH3 is 1. The number of aryl methyl sites for hydroxylation is 1. The fourth-order valence-corrected chi connectivity index (χ4v) is 9.19. The number of aromatic nitrogens is 2. The first kappa shape index (κ1) is 46.0. The van der Waals surface area contributed by atoms with Crippen LogP contribution in [0.15, 0.2) is 64.8 Å². The number of nitrogens with one attached hydrogen (secondary N) is 3. The maximum absolute atomic E-state index is 13.0. The lowest BCUT2D eigenvalue weighted by Gasteiger charge is -2.22. The number of carbonyl (C=O) groups is 3. The molecule has 3 atom stereocenters. The van der Waals surface area contributed by atoms with Crippen molar-refractivity contribution in [1.82, 2.24) is 19.6 Å². The van der Waals surface area contributed by atoms with Crippen molar-refractivity contribution in [2.45, 2.75) is 103 Å². The standard InChI is InChI=1S/C17H18N2O2S.C14H23NO3S.C13H16FN3O2/c1-9(2)13-8-22-17(19-13)12-7-14(20)11-5-6-15(21-4)10(3)16(11)18-12;1-2-3-4-5-6-7-11-10-13(11)14(16)15-19(17,18)12-8-9-12;14-9-3-1-4-10(7-9)16-8-12(18)17-6-2-5-11(17)13(15)19/h5-9H,1-4H3,(H,18,20);6-7,11-13H,2-5,8-10H2,1H3,(H,15,16);1,3-4,7,11,16H,2,5-6,8H2,(H2,15,19)/b;7-6-;/t;11?,13-;/m.0./s1. The van der Waals surface area contributed by atoms with Crippen LogP contribution >= 0.6 is 11.3 Å². The van der Waals surface area contributed by atoms with E-state index in [0.29, 0.717) is 42.8 Å². The smallest absolute Gasteiger partial charge is 0.242 e. The van der Waals surface area contributed by atoms with E-state index in [1.807, 2.05) is 18.4 Å². The summed E-state index contributed by atoms with van der Waals surface area (Å²) in [4.78, 5) is 56.8. The molecule has 3 amide bonds. The number of unbranched alkanes of at least 4 members (excludes halogenated alkanes) is 3. The number of likely N-dealkylation sites (tertiary alicyclic amines) is 1. The second-order valence-electron chi connectivity index (χ2n) is 15.7. The van der Waals surface area contributed by atoms with Crippen LogP contribution in [-0.2, 0) is 24.4 Å². The van der Waals surface area contributed by atoms with Gasteiger partial charge in [0, 0.05) is 40.5 Å². The summed E-state index contributed by atoms with van der Waals surface area (Å²) in [6.07, 6.45) is 12.4. The minimum absolute atomic E-state index is 0.00389. The predicted molar refractivity (Wildman–Crippen MR) is 235 cm³/mol. The lowest BCUT2D eigenvalue weighted by Crippen LogP contribution is -2.45. The number of nitrogens with two attached hydrogens (primary N) is 1. The van der Waals surface area contributed by atoms with Gasteiger partial charge in [0.25, 0.3) is 0 Å². The molecular formula is C44H57FN6O7S2. The number of nitrogens with zero attached hydrogens (tertiary/aromatic N) is 2. The summed E-state index contributed by atoms with van der Waals surface area (Å²) in [6.45, 7) is 8.89. The van der Waals surface area contributed by atoms with Crippen molar-refractivity contribution in [1.29, 1.82) is 0 Å². The van der Waals surface area contributed by atoms with E-state index in [-0.39, 0.29) is 46.7 Å². The molecule has 4 aromatic rings. The molecule has 3 fully saturated rings. The van der Waals surface area contributed by atoms with Crippen LogP contribution in [0.1, 0.15) is 95.7 Å². The SMILES string of the molecule is CCCCC/C=C\C1C[C@@H]1C(=O)NS(=O)(=O)C1CC1.COc1ccc2c(=O)cc(-c3nc(C(C)C)cs3)[nH]c2c1C.NC(=O)C1CCCN1C(=O)CNc1cccc(F)c1. The van der Waals surface area contributed by atoms with E-state index in [9.17, 15) is 32.0 Å². The average molecular weight is 865 g/mol. The predicted octanol–water partition coefficient (Wildman–Crippen LogP) is 7.17. The Bertz CT molecular complexity index is 2340. The molecule has 2 saturated carbocycles. The lowest BCUT2D eigenvalue weighted by atomic mass is 10.1. The van der Waals surface area contributed by atoms with Gasteiger partial charge in [0.15, 0.2) is 5.43 Å². The molecule has 0 radical (unpaired) electrons. The van der Waals surface area contributed by atoms with Crippen LogP contribution in [0.2, 0.25) is 0 Å². The summed E-state index contributed by atoms with van der Waals surface area (Å²) < 4.78 is 43.8. The number of hydrogen-bond acceptors (Lipinski definition) is 10. The maximum atomic E-state index is 13.0. The molecule has 13 nitrogen and oxygen atoms in total. The third kappa shape index (κ3) is 12.5. The number of fused-ring (bicyclic) bond motifs is 1. The number of hydrogen-bond donors (Lipinski definition) is 4. The molecule has 0 bridgehead atoms. The molecule has 1 aliphatic heterocycles. The van der Waals surface area contributed by atoms with Crippen LogP contribution < -0.4 is 25.9 Å². The van der Waals surface area contributed by atoms with Gasteiger partial charge in [-0.3, -0.25) is 23.9 Å². The second-order valence-corrected chi connectivity index (χ2v) is 18.6. The number of H-pyrrole nitrogens is 1. The Morgan fingerprint density at radius 3 is 2.55 bits per heavy atom. The summed E-state index contributed by atoms with van der Waals surface area (Å²) in [6, 6.07) is 10.6. The summed E-state index contributed by atoms with van der Waals surface area (Å²) >= 11 is 1.55. The first-order valence-corrected chi connectivity index (χ1v) is 23.0. The average Bonchev–Trinajstić information content (AvgIpc) is 4.11. The highest BCUT2D eigenvalue weighted by molar-refractivity contribution is 7.90. The van der Waals surface area contributed by atoms with Gasteiger partial charge in [-0.25, -0.2) is 17.8 Å². The van der Waals surface area contributed by atoms with Gasteiger partial charge < -0.3 is 25.7 Å². The Kier molecular flexibility index (Phi) is 16.0. The molecular weight excluding hydrogens is 808 g/mol. The third-order valence-corrected chi connectivity index (χ3v) is 13.4. The molecule has 5 N–H and O–H groups in total. The zero-order chi connectivity index (χ0) is 43.6. The first-order valence-electron chi connectivity index (χ1n) is 20.6. The monoisotopic (exact) mass is 864 g/mol. The van der Waals surface area contributed by atoms with E-state index < -0.39 is 22.0 Å². The van der Waals surface area contributed by atoms with Crippen molar-refractivity contribution in [2.24, 2.45) is 17.6 Å². The minimum atomic E-state index is -3.37. The van der Waals surface area contributed by atoms with Crippen LogP contribution in [-0.4, -0.2) is 72.5 Å². The number of amides is 3. The molecule has 7 rings (SSSR count). The third-order valence-electron chi connectivity index (χ3n) is 10.7. The van der Waals surface area contributed by atoms with Gasteiger partial charge in [-0.1, -0.05) is 51.8 Å². The van der Waals surface area contributed by atoms with E-state index in [1.165, 1.54) is 36.3 Å². The van der Waals surface area contributed by atoms with Crippen LogP contribution in [0.4, 0.5) is 10.1 Å². The van der Waals surface area contributed by atoms with E-state index in [1.54, 1.807) is 42.7 Å². The molecule has 60 heavy (non-hydrogen) atoms. The molecule has 2 aromatic heterocycles. The quantitative estimate of drug-likeness (QED) is 0.0708. The maximum Gasteiger partial charge on any atom is 0.242 e. The van der Waals surface area contributed by atoms with Crippen LogP contribution in [0.5, 0.6) is 5.75 Å². The number of pyridine rings is 1. The Balaban J connectivity index is 0.000000171. The van der Waals surface area contributed by atoms with Gasteiger partial charge in [-0.15, -0.1) is 11.3 Å². The van der Waals surface area contributed by atoms with E-state index in [0.717, 1.165) is 52.5 Å². The number of thiazole rings is 1. The number of benzene rings is 2. The molecule has 3 heterocycles. The van der Waals surface area contributed by atoms with Crippen LogP contribution in [0.25, 0.3) is 21.6 Å². The van der Waals surface area contributed by atoms with Gasteiger partial charge in [0.2, 0.25) is 27.7 Å². The highest BCUT2D eigenvalue weighted by atomic mass is 32.2. The van der Waals surface area contributed by atoms with E-state index in [2.05, 4.69) is 52.9 Å². The number of rotatable bonds is 15. The molecule has 0 spiro atoms. The number of anilines is 1. The molecule has 16 heteroatoms. The number of primary amides is 1. The lowest BCUT2D eigenvalue weighted by molar-refractivity contribution is -0.135. The number of allylic oxidation sites excluding steroid dienone is 2. The summed E-state index contributed by atoms with van der Waals surface area (Å²) in [5.41, 5.74) is 9.32. The largest absolute Gasteiger partial charge is 0.496 e. The van der Waals surface area contributed by atoms with Gasteiger partial charge in [-0.05, 0) is 94.0 Å². The Morgan fingerprint density at radius 2 is 1.90 bits per heavy atom. The van der Waals surface area contributed by atoms with Crippen molar-refractivity contribution < 1.29 is 31.9 Å². The van der Waals surface area contributed by atoms with Gasteiger partial charge in [0.05, 0.1) is 35.8 Å². The molecule has 2 aromatic carbocycles. The number of sulfonamides is 1. The first-order chi connectivity index (χ1) is 28.6. The molecule has 1 saturated heterocycles. The highest BCUT2D eigenvalue weighted by Crippen LogP contribution is 2.40.